The first-order chi connectivity index (χ1) is 13.9. The predicted molar refractivity (Wildman–Crippen MR) is 113 cm³/mol. The maximum Gasteiger partial charge on any atom is 0.136 e. The topological polar surface area (TPSA) is 101 Å². The Morgan fingerprint density at radius 2 is 2.03 bits per heavy atom. The molecule has 0 atom stereocenters. The number of hydroxylamine groups is 1. The number of anilines is 4. The molecule has 0 saturated carbocycles. The highest BCUT2D eigenvalue weighted by Gasteiger charge is 2.26. The number of β-amino-alcohol motifs (C(OH)–C–C–N with tert-alkyl or cyclic N) is 1. The molecule has 0 radical (unpaired) electrons. The van der Waals surface area contributed by atoms with Gasteiger partial charge in [0, 0.05) is 37.5 Å². The molecule has 2 fully saturated rings. The lowest BCUT2D eigenvalue weighted by atomic mass is 10.1. The molecule has 0 aliphatic carbocycles. The van der Waals surface area contributed by atoms with Gasteiger partial charge in [0.2, 0.25) is 0 Å². The van der Waals surface area contributed by atoms with Crippen LogP contribution < -0.4 is 15.3 Å². The van der Waals surface area contributed by atoms with Crippen LogP contribution in [0.25, 0.3) is 0 Å². The number of hydrogen-bond acceptors (Lipinski definition) is 9. The SMILES string of the molecule is Cc1nc(Nc2cc(N3CN(C)CCO3)c(C)cc2C=N)cc(N2CC(O)C2)n1. The summed E-state index contributed by atoms with van der Waals surface area (Å²) in [5, 5.41) is 22.6. The largest absolute Gasteiger partial charge is 0.389 e. The van der Waals surface area contributed by atoms with Crippen molar-refractivity contribution in [3.05, 3.63) is 35.2 Å². The lowest BCUT2D eigenvalue weighted by Crippen LogP contribution is -2.51. The number of hydrogen-bond donors (Lipinski definition) is 3. The van der Waals surface area contributed by atoms with Crippen LogP contribution in [0.5, 0.6) is 0 Å². The highest BCUT2D eigenvalue weighted by atomic mass is 16.7. The second-order valence-electron chi connectivity index (χ2n) is 7.65. The standard InChI is InChI=1S/C20H27N7O2/c1-13-6-15(9-21)17(7-18(13)27-12-25(3)4-5-29-27)24-19-8-20(23-14(2)22-19)26-10-16(28)11-26/h6-9,16,21,28H,4-5,10-12H2,1-3H3,(H,22,23,24). The molecule has 3 N–H and O–H groups in total. The molecule has 0 spiro atoms. The van der Waals surface area contributed by atoms with E-state index in [1.54, 1.807) is 0 Å². The molecular formula is C20H27N7O2. The van der Waals surface area contributed by atoms with Gasteiger partial charge in [-0.1, -0.05) is 0 Å². The van der Waals surface area contributed by atoms with E-state index in [2.05, 4.69) is 27.2 Å². The first kappa shape index (κ1) is 19.6. The van der Waals surface area contributed by atoms with Gasteiger partial charge in [-0.05, 0) is 38.6 Å². The van der Waals surface area contributed by atoms with Crippen molar-refractivity contribution in [2.45, 2.75) is 20.0 Å². The molecule has 0 bridgehead atoms. The van der Waals surface area contributed by atoms with Gasteiger partial charge in [0.15, 0.2) is 0 Å². The van der Waals surface area contributed by atoms with E-state index in [9.17, 15) is 5.11 Å². The maximum absolute atomic E-state index is 9.58. The van der Waals surface area contributed by atoms with E-state index in [0.717, 1.165) is 34.9 Å². The number of benzene rings is 1. The van der Waals surface area contributed by atoms with Gasteiger partial charge >= 0.3 is 0 Å². The molecule has 2 saturated heterocycles. The van der Waals surface area contributed by atoms with Crippen LogP contribution in [-0.4, -0.2) is 72.3 Å². The van der Waals surface area contributed by atoms with Gasteiger partial charge in [0.1, 0.15) is 17.5 Å². The van der Waals surface area contributed by atoms with Crippen LogP contribution >= 0.6 is 0 Å². The molecule has 29 heavy (non-hydrogen) atoms. The van der Waals surface area contributed by atoms with Gasteiger partial charge in [-0.3, -0.25) is 9.74 Å². The third-order valence-corrected chi connectivity index (χ3v) is 5.16. The minimum atomic E-state index is -0.298. The normalized spacial score (nSPS) is 17.9. The number of nitrogens with one attached hydrogen (secondary N) is 2. The van der Waals surface area contributed by atoms with E-state index in [-0.39, 0.29) is 6.10 Å². The van der Waals surface area contributed by atoms with E-state index in [1.165, 1.54) is 6.21 Å². The van der Waals surface area contributed by atoms with Gasteiger partial charge in [-0.25, -0.2) is 15.0 Å². The Labute approximate surface area is 170 Å². The Balaban J connectivity index is 1.64. The van der Waals surface area contributed by atoms with Crippen molar-refractivity contribution in [3.63, 3.8) is 0 Å². The Kier molecular flexibility index (Phi) is 5.35. The summed E-state index contributed by atoms with van der Waals surface area (Å²) < 4.78 is 0. The molecule has 9 nitrogen and oxygen atoms in total. The van der Waals surface area contributed by atoms with E-state index in [4.69, 9.17) is 10.2 Å². The Morgan fingerprint density at radius 1 is 1.24 bits per heavy atom. The third kappa shape index (κ3) is 4.16. The lowest BCUT2D eigenvalue weighted by Gasteiger charge is -2.37. The number of nitrogens with zero attached hydrogens (tertiary/aromatic N) is 5. The van der Waals surface area contributed by atoms with Crippen molar-refractivity contribution >= 4 is 29.2 Å². The number of aryl methyl sites for hydroxylation is 2. The molecule has 0 amide bonds. The van der Waals surface area contributed by atoms with E-state index >= 15 is 0 Å². The summed E-state index contributed by atoms with van der Waals surface area (Å²) in [4.78, 5) is 19.0. The molecule has 9 heteroatoms. The van der Waals surface area contributed by atoms with Crippen molar-refractivity contribution in [3.8, 4) is 0 Å². The van der Waals surface area contributed by atoms with Gasteiger partial charge < -0.3 is 20.7 Å². The first-order valence-electron chi connectivity index (χ1n) is 9.73. The van der Waals surface area contributed by atoms with Crippen LogP contribution in [0.1, 0.15) is 17.0 Å². The van der Waals surface area contributed by atoms with Gasteiger partial charge in [-0.15, -0.1) is 0 Å². The van der Waals surface area contributed by atoms with Crippen LogP contribution in [0.4, 0.5) is 23.0 Å². The molecule has 3 heterocycles. The minimum absolute atomic E-state index is 0.298. The Hall–Kier alpha value is -2.75. The molecule has 2 aromatic rings. The van der Waals surface area contributed by atoms with Gasteiger partial charge in [0.25, 0.3) is 0 Å². The van der Waals surface area contributed by atoms with Gasteiger partial charge in [-0.2, -0.15) is 0 Å². The van der Waals surface area contributed by atoms with Crippen molar-refractivity contribution in [1.29, 1.82) is 5.41 Å². The molecule has 154 valence electrons. The van der Waals surface area contributed by atoms with Crippen LogP contribution in [-0.2, 0) is 4.84 Å². The van der Waals surface area contributed by atoms with E-state index in [0.29, 0.717) is 38.0 Å². The summed E-state index contributed by atoms with van der Waals surface area (Å²) in [6, 6.07) is 5.85. The average Bonchev–Trinajstić information content (AvgIpc) is 2.66. The van der Waals surface area contributed by atoms with Crippen molar-refractivity contribution in [2.75, 3.05) is 55.2 Å². The van der Waals surface area contributed by atoms with Crippen LogP contribution in [0.15, 0.2) is 18.2 Å². The predicted octanol–water partition coefficient (Wildman–Crippen LogP) is 1.66. The zero-order valence-electron chi connectivity index (χ0n) is 17.0. The number of aromatic nitrogens is 2. The van der Waals surface area contributed by atoms with E-state index in [1.807, 2.05) is 42.0 Å². The van der Waals surface area contributed by atoms with Crippen LogP contribution in [0.3, 0.4) is 0 Å². The van der Waals surface area contributed by atoms with E-state index < -0.39 is 0 Å². The monoisotopic (exact) mass is 397 g/mol. The molecule has 0 unspecified atom stereocenters. The second kappa shape index (κ2) is 7.94. The van der Waals surface area contributed by atoms with Gasteiger partial charge in [0.05, 0.1) is 30.8 Å². The maximum atomic E-state index is 9.58. The zero-order chi connectivity index (χ0) is 20.5. The fourth-order valence-electron chi connectivity index (χ4n) is 3.56. The quantitative estimate of drug-likeness (QED) is 0.655. The molecule has 4 rings (SSSR count). The summed E-state index contributed by atoms with van der Waals surface area (Å²) >= 11 is 0. The Bertz CT molecular complexity index is 914. The summed E-state index contributed by atoms with van der Waals surface area (Å²) in [6.45, 7) is 7.24. The smallest absolute Gasteiger partial charge is 0.136 e. The Morgan fingerprint density at radius 3 is 2.72 bits per heavy atom. The summed E-state index contributed by atoms with van der Waals surface area (Å²) in [6.07, 6.45) is 1.04. The molecule has 1 aromatic heterocycles. The minimum Gasteiger partial charge on any atom is -0.389 e. The molecule has 2 aliphatic rings. The van der Waals surface area contributed by atoms with Crippen molar-refractivity contribution < 1.29 is 9.94 Å². The average molecular weight is 397 g/mol. The number of aliphatic hydroxyl groups is 1. The van der Waals surface area contributed by atoms with Crippen LogP contribution in [0, 0.1) is 19.3 Å². The summed E-state index contributed by atoms with van der Waals surface area (Å²) in [7, 11) is 2.06. The number of likely N-dealkylation sites (N-methyl/N-ethyl adjacent to an activating group) is 1. The fraction of sp³-hybridized carbons (Fsp3) is 0.450. The van der Waals surface area contributed by atoms with Crippen molar-refractivity contribution in [1.82, 2.24) is 14.9 Å². The molecule has 2 aliphatic heterocycles. The highest BCUT2D eigenvalue weighted by Crippen LogP contribution is 2.31. The van der Waals surface area contributed by atoms with Crippen LogP contribution in [0.2, 0.25) is 0 Å². The third-order valence-electron chi connectivity index (χ3n) is 5.16. The second-order valence-corrected chi connectivity index (χ2v) is 7.65. The fourth-order valence-corrected chi connectivity index (χ4v) is 3.56. The molecular weight excluding hydrogens is 370 g/mol. The number of rotatable bonds is 5. The number of aliphatic hydroxyl groups excluding tert-OH is 1. The summed E-state index contributed by atoms with van der Waals surface area (Å²) in [5.41, 5.74) is 3.55. The van der Waals surface area contributed by atoms with Crippen molar-refractivity contribution in [2.24, 2.45) is 0 Å². The molecule has 1 aromatic carbocycles. The lowest BCUT2D eigenvalue weighted by molar-refractivity contribution is 0.0228. The first-order valence-corrected chi connectivity index (χ1v) is 9.73. The highest BCUT2D eigenvalue weighted by molar-refractivity contribution is 5.89. The zero-order valence-corrected chi connectivity index (χ0v) is 17.0. The summed E-state index contributed by atoms with van der Waals surface area (Å²) in [5.74, 6) is 2.09.